The fourth-order valence-electron chi connectivity index (χ4n) is 3.27. The number of nitrogens with zero attached hydrogens (tertiary/aromatic N) is 3. The standard InChI is InChI=1S/C21H25ClN4O2/c1-15(2)19(24-20(27)16-7-3-4-8-17(16)22)21(28)26-13-11-25(12-14-26)18-9-5-6-10-23-18/h3-10,15,19H,11-14H2,1-2H3,(H,24,27). The zero-order chi connectivity index (χ0) is 20.1. The van der Waals surface area contributed by atoms with Crippen molar-refractivity contribution >= 4 is 29.2 Å². The molecule has 0 saturated carbocycles. The van der Waals surface area contributed by atoms with E-state index in [4.69, 9.17) is 11.6 Å². The molecule has 1 fully saturated rings. The summed E-state index contributed by atoms with van der Waals surface area (Å²) < 4.78 is 0. The second-order valence-electron chi connectivity index (χ2n) is 7.18. The molecule has 2 amide bonds. The Morgan fingerprint density at radius 2 is 1.71 bits per heavy atom. The molecule has 1 N–H and O–H groups in total. The molecule has 2 heterocycles. The summed E-state index contributed by atoms with van der Waals surface area (Å²) in [6, 6.07) is 12.1. The number of benzene rings is 1. The Hall–Kier alpha value is -2.60. The summed E-state index contributed by atoms with van der Waals surface area (Å²) in [7, 11) is 0. The van der Waals surface area contributed by atoms with Crippen molar-refractivity contribution in [2.45, 2.75) is 19.9 Å². The number of anilines is 1. The summed E-state index contributed by atoms with van der Waals surface area (Å²) in [5.74, 6) is 0.496. The Kier molecular flexibility index (Phi) is 6.52. The Balaban J connectivity index is 1.64. The van der Waals surface area contributed by atoms with Gasteiger partial charge in [0.1, 0.15) is 11.9 Å². The molecule has 1 aliphatic heterocycles. The van der Waals surface area contributed by atoms with Crippen molar-refractivity contribution < 1.29 is 9.59 Å². The molecule has 1 aromatic carbocycles. The van der Waals surface area contributed by atoms with Crippen LogP contribution in [0.4, 0.5) is 5.82 Å². The number of aromatic nitrogens is 1. The zero-order valence-electron chi connectivity index (χ0n) is 16.1. The molecule has 1 unspecified atom stereocenters. The number of pyridine rings is 1. The number of nitrogens with one attached hydrogen (secondary N) is 1. The van der Waals surface area contributed by atoms with Gasteiger partial charge in [0.05, 0.1) is 10.6 Å². The molecule has 148 valence electrons. The van der Waals surface area contributed by atoms with Crippen LogP contribution in [0.3, 0.4) is 0 Å². The van der Waals surface area contributed by atoms with Crippen LogP contribution in [0, 0.1) is 5.92 Å². The van der Waals surface area contributed by atoms with E-state index in [1.807, 2.05) is 36.9 Å². The molecule has 0 radical (unpaired) electrons. The molecule has 3 rings (SSSR count). The van der Waals surface area contributed by atoms with Crippen LogP contribution in [-0.4, -0.2) is 53.9 Å². The first kappa shape index (κ1) is 20.1. The molecular weight excluding hydrogens is 376 g/mol. The van der Waals surface area contributed by atoms with Gasteiger partial charge in [0.25, 0.3) is 5.91 Å². The highest BCUT2D eigenvalue weighted by Crippen LogP contribution is 2.17. The highest BCUT2D eigenvalue weighted by atomic mass is 35.5. The van der Waals surface area contributed by atoms with Gasteiger partial charge in [-0.05, 0) is 30.2 Å². The molecule has 7 heteroatoms. The van der Waals surface area contributed by atoms with E-state index >= 15 is 0 Å². The number of hydrogen-bond donors (Lipinski definition) is 1. The van der Waals surface area contributed by atoms with E-state index in [0.29, 0.717) is 36.8 Å². The van der Waals surface area contributed by atoms with Crippen molar-refractivity contribution in [2.75, 3.05) is 31.1 Å². The largest absolute Gasteiger partial charge is 0.353 e. The van der Waals surface area contributed by atoms with Gasteiger partial charge >= 0.3 is 0 Å². The van der Waals surface area contributed by atoms with Gasteiger partial charge in [-0.15, -0.1) is 0 Å². The number of piperazine rings is 1. The maximum atomic E-state index is 13.1. The number of amides is 2. The Bertz CT molecular complexity index is 820. The minimum Gasteiger partial charge on any atom is -0.353 e. The number of carbonyl (C=O) groups is 2. The summed E-state index contributed by atoms with van der Waals surface area (Å²) in [6.07, 6.45) is 1.77. The van der Waals surface area contributed by atoms with E-state index < -0.39 is 6.04 Å². The van der Waals surface area contributed by atoms with Gasteiger partial charge < -0.3 is 15.1 Å². The van der Waals surface area contributed by atoms with E-state index in [-0.39, 0.29) is 17.7 Å². The van der Waals surface area contributed by atoms with Crippen LogP contribution in [0.2, 0.25) is 5.02 Å². The molecule has 0 aliphatic carbocycles. The molecular formula is C21H25ClN4O2. The number of rotatable bonds is 5. The second-order valence-corrected chi connectivity index (χ2v) is 7.58. The zero-order valence-corrected chi connectivity index (χ0v) is 16.9. The minimum atomic E-state index is -0.592. The smallest absolute Gasteiger partial charge is 0.253 e. The maximum absolute atomic E-state index is 13.1. The van der Waals surface area contributed by atoms with Crippen LogP contribution in [-0.2, 0) is 4.79 Å². The van der Waals surface area contributed by atoms with Crippen molar-refractivity contribution in [3.63, 3.8) is 0 Å². The van der Waals surface area contributed by atoms with E-state index in [1.165, 1.54) is 0 Å². The molecule has 2 aromatic rings. The lowest BCUT2D eigenvalue weighted by Gasteiger charge is -2.37. The van der Waals surface area contributed by atoms with Crippen molar-refractivity contribution in [2.24, 2.45) is 5.92 Å². The quantitative estimate of drug-likeness (QED) is 0.838. The third kappa shape index (κ3) is 4.62. The van der Waals surface area contributed by atoms with Crippen LogP contribution in [0.1, 0.15) is 24.2 Å². The Morgan fingerprint density at radius 3 is 2.32 bits per heavy atom. The van der Waals surface area contributed by atoms with Gasteiger partial charge in [0.15, 0.2) is 0 Å². The van der Waals surface area contributed by atoms with Crippen LogP contribution in [0.25, 0.3) is 0 Å². The maximum Gasteiger partial charge on any atom is 0.253 e. The third-order valence-corrected chi connectivity index (χ3v) is 5.23. The lowest BCUT2D eigenvalue weighted by atomic mass is 10.0. The van der Waals surface area contributed by atoms with Crippen LogP contribution >= 0.6 is 11.6 Å². The number of halogens is 1. The molecule has 0 bridgehead atoms. The highest BCUT2D eigenvalue weighted by molar-refractivity contribution is 6.33. The first-order chi connectivity index (χ1) is 13.5. The van der Waals surface area contributed by atoms with Crippen LogP contribution < -0.4 is 10.2 Å². The molecule has 1 aliphatic rings. The third-order valence-electron chi connectivity index (χ3n) is 4.90. The highest BCUT2D eigenvalue weighted by Gasteiger charge is 2.31. The van der Waals surface area contributed by atoms with Crippen LogP contribution in [0.15, 0.2) is 48.7 Å². The summed E-state index contributed by atoms with van der Waals surface area (Å²) in [4.78, 5) is 34.1. The predicted octanol–water partition coefficient (Wildman–Crippen LogP) is 2.84. The Morgan fingerprint density at radius 1 is 1.04 bits per heavy atom. The van der Waals surface area contributed by atoms with Gasteiger partial charge in [0, 0.05) is 32.4 Å². The monoisotopic (exact) mass is 400 g/mol. The summed E-state index contributed by atoms with van der Waals surface area (Å²) in [5.41, 5.74) is 0.377. The average molecular weight is 401 g/mol. The lowest BCUT2D eigenvalue weighted by molar-refractivity contribution is -0.134. The minimum absolute atomic E-state index is 0.0345. The summed E-state index contributed by atoms with van der Waals surface area (Å²) >= 11 is 6.12. The van der Waals surface area contributed by atoms with Gasteiger partial charge in [0.2, 0.25) is 5.91 Å². The molecule has 28 heavy (non-hydrogen) atoms. The molecule has 6 nitrogen and oxygen atoms in total. The average Bonchev–Trinajstić information content (AvgIpc) is 2.72. The normalized spacial score (nSPS) is 15.4. The SMILES string of the molecule is CC(C)C(NC(=O)c1ccccc1Cl)C(=O)N1CCN(c2ccccn2)CC1. The first-order valence-corrected chi connectivity index (χ1v) is 9.85. The van der Waals surface area contributed by atoms with E-state index in [0.717, 1.165) is 5.82 Å². The van der Waals surface area contributed by atoms with Gasteiger partial charge in [-0.1, -0.05) is 43.6 Å². The summed E-state index contributed by atoms with van der Waals surface area (Å²) in [6.45, 7) is 6.48. The first-order valence-electron chi connectivity index (χ1n) is 9.47. The van der Waals surface area contributed by atoms with Gasteiger partial charge in [-0.2, -0.15) is 0 Å². The fourth-order valence-corrected chi connectivity index (χ4v) is 3.49. The van der Waals surface area contributed by atoms with Gasteiger partial charge in [-0.3, -0.25) is 9.59 Å². The van der Waals surface area contributed by atoms with Crippen LogP contribution in [0.5, 0.6) is 0 Å². The predicted molar refractivity (Wildman–Crippen MR) is 111 cm³/mol. The summed E-state index contributed by atoms with van der Waals surface area (Å²) in [5, 5.41) is 3.25. The van der Waals surface area contributed by atoms with Crippen molar-refractivity contribution in [1.82, 2.24) is 15.2 Å². The molecule has 1 aromatic heterocycles. The fraction of sp³-hybridized carbons (Fsp3) is 0.381. The number of hydrogen-bond acceptors (Lipinski definition) is 4. The van der Waals surface area contributed by atoms with Crippen molar-refractivity contribution in [3.8, 4) is 0 Å². The van der Waals surface area contributed by atoms with E-state index in [2.05, 4.69) is 15.2 Å². The van der Waals surface area contributed by atoms with Gasteiger partial charge in [-0.25, -0.2) is 4.98 Å². The molecule has 1 atom stereocenters. The van der Waals surface area contributed by atoms with E-state index in [1.54, 1.807) is 30.5 Å². The second kappa shape index (κ2) is 9.06. The van der Waals surface area contributed by atoms with Crippen molar-refractivity contribution in [1.29, 1.82) is 0 Å². The topological polar surface area (TPSA) is 65.5 Å². The molecule has 1 saturated heterocycles. The number of carbonyl (C=O) groups excluding carboxylic acids is 2. The van der Waals surface area contributed by atoms with Crippen molar-refractivity contribution in [3.05, 3.63) is 59.2 Å². The Labute approximate surface area is 170 Å². The van der Waals surface area contributed by atoms with E-state index in [9.17, 15) is 9.59 Å². The molecule has 0 spiro atoms. The lowest BCUT2D eigenvalue weighted by Crippen LogP contribution is -2.56.